The van der Waals surface area contributed by atoms with Crippen LogP contribution in [0.15, 0.2) is 48.5 Å². The van der Waals surface area contributed by atoms with E-state index in [1.807, 2.05) is 19.1 Å². The number of ether oxygens (including phenoxy) is 1. The summed E-state index contributed by atoms with van der Waals surface area (Å²) in [5.41, 5.74) is 6.13. The average molecular weight is 511 g/mol. The van der Waals surface area contributed by atoms with Crippen molar-refractivity contribution >= 4 is 29.5 Å². The van der Waals surface area contributed by atoms with E-state index in [0.29, 0.717) is 18.5 Å². The first-order valence-electron chi connectivity index (χ1n) is 12.1. The molecule has 2 aromatic rings. The minimum atomic E-state index is -1.37. The van der Waals surface area contributed by atoms with Crippen LogP contribution in [0.25, 0.3) is 0 Å². The molecule has 198 valence electrons. The van der Waals surface area contributed by atoms with Crippen LogP contribution in [0, 0.1) is 6.92 Å². The zero-order valence-electron chi connectivity index (χ0n) is 21.5. The monoisotopic (exact) mass is 510 g/mol. The molecule has 0 radical (unpaired) electrons. The smallest absolute Gasteiger partial charge is 0.408 e. The van der Waals surface area contributed by atoms with Gasteiger partial charge in [-0.05, 0) is 58.2 Å². The molecule has 1 aliphatic rings. The lowest BCUT2D eigenvalue weighted by molar-refractivity contribution is -0.142. The Labute approximate surface area is 216 Å². The molecule has 4 amide bonds. The van der Waals surface area contributed by atoms with Crippen LogP contribution in [-0.2, 0) is 19.1 Å². The molecule has 0 saturated heterocycles. The van der Waals surface area contributed by atoms with E-state index in [-0.39, 0.29) is 17.4 Å². The minimum Gasteiger partial charge on any atom is -0.508 e. The number of rotatable bonds is 9. The van der Waals surface area contributed by atoms with Gasteiger partial charge in [-0.2, -0.15) is 0 Å². The van der Waals surface area contributed by atoms with Gasteiger partial charge in [-0.15, -0.1) is 0 Å². The number of aryl methyl sites for hydroxylation is 1. The number of hydrogen-bond donors (Lipinski definition) is 4. The number of benzene rings is 2. The van der Waals surface area contributed by atoms with Gasteiger partial charge in [0.1, 0.15) is 23.4 Å². The third-order valence-corrected chi connectivity index (χ3v) is 5.75. The van der Waals surface area contributed by atoms with Gasteiger partial charge >= 0.3 is 6.09 Å². The molecule has 0 heterocycles. The maximum Gasteiger partial charge on any atom is 0.408 e. The van der Waals surface area contributed by atoms with Crippen LogP contribution in [0.5, 0.6) is 5.75 Å². The summed E-state index contributed by atoms with van der Waals surface area (Å²) < 4.78 is 5.27. The summed E-state index contributed by atoms with van der Waals surface area (Å²) in [6, 6.07) is 10.5. The Morgan fingerprint density at radius 3 is 2.27 bits per heavy atom. The summed E-state index contributed by atoms with van der Waals surface area (Å²) in [6.45, 7) is 6.83. The van der Waals surface area contributed by atoms with Crippen molar-refractivity contribution in [1.82, 2.24) is 10.2 Å². The second-order valence-corrected chi connectivity index (χ2v) is 10.1. The first-order valence-corrected chi connectivity index (χ1v) is 12.1. The zero-order chi connectivity index (χ0) is 27.3. The van der Waals surface area contributed by atoms with Crippen LogP contribution in [0.2, 0.25) is 0 Å². The third-order valence-electron chi connectivity index (χ3n) is 5.75. The van der Waals surface area contributed by atoms with Crippen LogP contribution < -0.4 is 16.4 Å². The van der Waals surface area contributed by atoms with E-state index >= 15 is 0 Å². The molecule has 2 unspecified atom stereocenters. The van der Waals surface area contributed by atoms with Gasteiger partial charge in [-0.1, -0.05) is 36.4 Å². The Morgan fingerprint density at radius 1 is 1.08 bits per heavy atom. The summed E-state index contributed by atoms with van der Waals surface area (Å²) in [5, 5.41) is 16.0. The van der Waals surface area contributed by atoms with E-state index in [9.17, 15) is 24.3 Å². The molecule has 37 heavy (non-hydrogen) atoms. The lowest BCUT2D eigenvalue weighted by Crippen LogP contribution is -2.54. The van der Waals surface area contributed by atoms with E-state index in [4.69, 9.17) is 10.5 Å². The van der Waals surface area contributed by atoms with Gasteiger partial charge in [0.2, 0.25) is 11.8 Å². The van der Waals surface area contributed by atoms with E-state index < -0.39 is 47.9 Å². The topological polar surface area (TPSA) is 151 Å². The fraction of sp³-hybridized carbons (Fsp3) is 0.407. The van der Waals surface area contributed by atoms with Gasteiger partial charge in [0.05, 0.1) is 6.42 Å². The number of phenolic OH excluding ortho intramolecular Hbond substituents is 1. The van der Waals surface area contributed by atoms with Gasteiger partial charge in [0, 0.05) is 17.3 Å². The molecule has 1 saturated carbocycles. The molecule has 5 N–H and O–H groups in total. The first-order chi connectivity index (χ1) is 17.4. The van der Waals surface area contributed by atoms with Crippen molar-refractivity contribution in [2.45, 2.75) is 70.7 Å². The van der Waals surface area contributed by atoms with Crippen LogP contribution in [0.4, 0.5) is 10.5 Å². The van der Waals surface area contributed by atoms with Gasteiger partial charge < -0.3 is 31.1 Å². The number of para-hydroxylation sites is 2. The Hall–Kier alpha value is -4.08. The molecule has 1 aliphatic carbocycles. The van der Waals surface area contributed by atoms with Crippen molar-refractivity contribution in [1.29, 1.82) is 0 Å². The number of nitrogens with zero attached hydrogens (tertiary/aromatic N) is 1. The number of primary amides is 1. The largest absolute Gasteiger partial charge is 0.508 e. The maximum atomic E-state index is 13.9. The lowest BCUT2D eigenvalue weighted by Gasteiger charge is -2.34. The number of amides is 4. The maximum absolute atomic E-state index is 13.9. The Bertz CT molecular complexity index is 1170. The number of carbonyl (C=O) groups excluding carboxylic acids is 4. The minimum absolute atomic E-state index is 0.169. The zero-order valence-corrected chi connectivity index (χ0v) is 21.5. The normalized spacial score (nSPS) is 14.7. The Balaban J connectivity index is 2.01. The molecular formula is C27H34N4O6. The number of phenols is 1. The molecule has 10 heteroatoms. The number of alkyl carbamates (subject to hydrolysis) is 1. The average Bonchev–Trinajstić information content (AvgIpc) is 3.62. The van der Waals surface area contributed by atoms with E-state index in [0.717, 1.165) is 5.56 Å². The highest BCUT2D eigenvalue weighted by Gasteiger charge is 2.45. The summed E-state index contributed by atoms with van der Waals surface area (Å²) in [5.74, 6) is -2.21. The highest BCUT2D eigenvalue weighted by molar-refractivity contribution is 6.00. The van der Waals surface area contributed by atoms with Crippen molar-refractivity contribution < 1.29 is 29.0 Å². The van der Waals surface area contributed by atoms with Gasteiger partial charge in [0.15, 0.2) is 0 Å². The van der Waals surface area contributed by atoms with E-state index in [2.05, 4.69) is 10.6 Å². The van der Waals surface area contributed by atoms with Crippen LogP contribution >= 0.6 is 0 Å². The molecule has 0 aliphatic heterocycles. The fourth-order valence-corrected chi connectivity index (χ4v) is 3.95. The number of nitrogens with one attached hydrogen (secondary N) is 2. The highest BCUT2D eigenvalue weighted by Crippen LogP contribution is 2.39. The van der Waals surface area contributed by atoms with Crippen LogP contribution in [-0.4, -0.2) is 51.5 Å². The SMILES string of the molecule is Cc1ccccc1NC(=O)C(c1ccccc1O)N(C(=O)C(CC(N)=O)NC(=O)OC(C)(C)C)C1CC1. The molecule has 2 atom stereocenters. The number of hydrogen-bond acceptors (Lipinski definition) is 6. The second-order valence-electron chi connectivity index (χ2n) is 10.1. The molecule has 2 aromatic carbocycles. The van der Waals surface area contributed by atoms with Crippen molar-refractivity contribution in [3.63, 3.8) is 0 Å². The summed E-state index contributed by atoms with van der Waals surface area (Å²) in [6.07, 6.45) is -0.160. The van der Waals surface area contributed by atoms with Gasteiger partial charge in [-0.3, -0.25) is 14.4 Å². The second kappa shape index (κ2) is 11.3. The van der Waals surface area contributed by atoms with Gasteiger partial charge in [-0.25, -0.2) is 4.79 Å². The fourth-order valence-electron chi connectivity index (χ4n) is 3.95. The third kappa shape index (κ3) is 7.45. The van der Waals surface area contributed by atoms with Crippen LogP contribution in [0.3, 0.4) is 0 Å². The number of aromatic hydroxyl groups is 1. The molecule has 10 nitrogen and oxygen atoms in total. The molecule has 1 fully saturated rings. The molecule has 0 aromatic heterocycles. The number of nitrogens with two attached hydrogens (primary N) is 1. The van der Waals surface area contributed by atoms with Crippen LogP contribution in [0.1, 0.15) is 57.2 Å². The number of anilines is 1. The van der Waals surface area contributed by atoms with Crippen molar-refractivity contribution in [3.8, 4) is 5.75 Å². The predicted molar refractivity (Wildman–Crippen MR) is 137 cm³/mol. The highest BCUT2D eigenvalue weighted by atomic mass is 16.6. The van der Waals surface area contributed by atoms with Gasteiger partial charge in [0.25, 0.3) is 5.91 Å². The van der Waals surface area contributed by atoms with Crippen molar-refractivity contribution in [2.75, 3.05) is 5.32 Å². The van der Waals surface area contributed by atoms with E-state index in [1.54, 1.807) is 51.1 Å². The Morgan fingerprint density at radius 2 is 1.70 bits per heavy atom. The van der Waals surface area contributed by atoms with E-state index in [1.165, 1.54) is 11.0 Å². The van der Waals surface area contributed by atoms with Crippen molar-refractivity contribution in [3.05, 3.63) is 59.7 Å². The molecule has 0 bridgehead atoms. The predicted octanol–water partition coefficient (Wildman–Crippen LogP) is 3.14. The summed E-state index contributed by atoms with van der Waals surface area (Å²) >= 11 is 0. The molecule has 3 rings (SSSR count). The summed E-state index contributed by atoms with van der Waals surface area (Å²) in [7, 11) is 0. The lowest BCUT2D eigenvalue weighted by atomic mass is 10.0. The summed E-state index contributed by atoms with van der Waals surface area (Å²) in [4.78, 5) is 53.3. The standard InChI is InChI=1S/C27H34N4O6/c1-16-9-5-7-11-19(16)29-24(34)23(18-10-6-8-12-21(18)32)31(17-13-14-17)25(35)20(15-22(28)33)30-26(36)37-27(2,3)4/h5-12,17,20,23,32H,13-15H2,1-4H3,(H2,28,33)(H,29,34)(H,30,36). The Kier molecular flexibility index (Phi) is 8.42. The number of carbonyl (C=O) groups is 4. The van der Waals surface area contributed by atoms with Crippen molar-refractivity contribution in [2.24, 2.45) is 5.73 Å². The first kappa shape index (κ1) is 27.5. The molecular weight excluding hydrogens is 476 g/mol. The molecule has 0 spiro atoms. The quantitative estimate of drug-likeness (QED) is 0.407.